The van der Waals surface area contributed by atoms with Crippen LogP contribution < -0.4 is 11.3 Å². The van der Waals surface area contributed by atoms with Crippen LogP contribution in [-0.2, 0) is 11.3 Å². The molecular weight excluding hydrogens is 255 g/mol. The van der Waals surface area contributed by atoms with Crippen molar-refractivity contribution in [1.29, 1.82) is 0 Å². The summed E-state index contributed by atoms with van der Waals surface area (Å²) in [6.45, 7) is 3.94. The van der Waals surface area contributed by atoms with Crippen LogP contribution in [0.5, 0.6) is 0 Å². The summed E-state index contributed by atoms with van der Waals surface area (Å²) in [7, 11) is 0. The summed E-state index contributed by atoms with van der Waals surface area (Å²) in [5, 5.41) is 7.12. The van der Waals surface area contributed by atoms with Crippen LogP contribution in [0.3, 0.4) is 0 Å². The molecule has 0 amide bonds. The number of aromatic nitrogens is 2. The van der Waals surface area contributed by atoms with Crippen molar-refractivity contribution in [3.63, 3.8) is 0 Å². The van der Waals surface area contributed by atoms with E-state index < -0.39 is 12.1 Å². The van der Waals surface area contributed by atoms with E-state index in [0.717, 1.165) is 0 Å². The molecule has 18 heavy (non-hydrogen) atoms. The Morgan fingerprint density at radius 3 is 2.56 bits per heavy atom. The Kier molecular flexibility index (Phi) is 5.60. The molecule has 0 fully saturated rings. The van der Waals surface area contributed by atoms with Crippen molar-refractivity contribution in [3.05, 3.63) is 35.5 Å². The van der Waals surface area contributed by atoms with E-state index in [4.69, 9.17) is 15.6 Å². The van der Waals surface area contributed by atoms with Crippen molar-refractivity contribution < 1.29 is 24.5 Å². The largest absolute Gasteiger partial charge is 0.490 e. The minimum absolute atomic E-state index is 0. The third-order valence-electron chi connectivity index (χ3n) is 1.50. The van der Waals surface area contributed by atoms with Gasteiger partial charge in [-0.05, 0) is 0 Å². The summed E-state index contributed by atoms with van der Waals surface area (Å²) >= 11 is 0. The van der Waals surface area contributed by atoms with Crippen molar-refractivity contribution >= 4 is 11.7 Å². The standard InChI is InChI=1S/C7H9N3O.C2HF3O2.H2/c1-2-3-10-5-9-4-6(8)7(10)11;3-2(4,5)1(6)7;/h2,4-5H,1,3,8H2;(H,6,7);1H. The molecule has 0 aliphatic carbocycles. The zero-order chi connectivity index (χ0) is 14.3. The van der Waals surface area contributed by atoms with Gasteiger partial charge in [-0.15, -0.1) is 6.58 Å². The molecule has 102 valence electrons. The van der Waals surface area contributed by atoms with Crippen molar-refractivity contribution in [2.24, 2.45) is 0 Å². The van der Waals surface area contributed by atoms with Gasteiger partial charge in [-0.1, -0.05) is 6.08 Å². The zero-order valence-corrected chi connectivity index (χ0v) is 9.02. The van der Waals surface area contributed by atoms with Crippen LogP contribution in [0.4, 0.5) is 18.9 Å². The number of anilines is 1. The van der Waals surface area contributed by atoms with E-state index >= 15 is 0 Å². The summed E-state index contributed by atoms with van der Waals surface area (Å²) in [4.78, 5) is 23.8. The predicted octanol–water partition coefficient (Wildman–Crippen LogP) is 0.891. The second-order valence-electron chi connectivity index (χ2n) is 2.90. The van der Waals surface area contributed by atoms with E-state index in [0.29, 0.717) is 6.54 Å². The lowest BCUT2D eigenvalue weighted by molar-refractivity contribution is -0.192. The lowest BCUT2D eigenvalue weighted by atomic mass is 10.5. The van der Waals surface area contributed by atoms with Crippen molar-refractivity contribution in [1.82, 2.24) is 9.55 Å². The SMILES string of the molecule is C=CCn1cncc(N)c1=O.O=C(O)C(F)(F)F.[HH]. The molecule has 3 N–H and O–H groups in total. The van der Waals surface area contributed by atoms with Crippen LogP contribution in [-0.4, -0.2) is 26.8 Å². The number of nitrogens with two attached hydrogens (primary N) is 1. The predicted molar refractivity (Wildman–Crippen MR) is 58.9 cm³/mol. The molecule has 0 radical (unpaired) electrons. The normalized spacial score (nSPS) is 10.2. The van der Waals surface area contributed by atoms with Gasteiger partial charge in [-0.25, -0.2) is 9.78 Å². The zero-order valence-electron chi connectivity index (χ0n) is 9.02. The lowest BCUT2D eigenvalue weighted by Crippen LogP contribution is -2.22. The van der Waals surface area contributed by atoms with Gasteiger partial charge in [0.15, 0.2) is 0 Å². The number of carbonyl (C=O) groups is 1. The second kappa shape index (κ2) is 6.42. The molecule has 1 heterocycles. The van der Waals surface area contributed by atoms with Crippen LogP contribution in [0.25, 0.3) is 0 Å². The van der Waals surface area contributed by atoms with Crippen molar-refractivity contribution in [3.8, 4) is 0 Å². The Morgan fingerprint density at radius 1 is 1.67 bits per heavy atom. The first-order chi connectivity index (χ1) is 8.20. The van der Waals surface area contributed by atoms with Gasteiger partial charge < -0.3 is 10.8 Å². The maximum atomic E-state index is 11.1. The summed E-state index contributed by atoms with van der Waals surface area (Å²) in [6, 6.07) is 0. The number of nitrogen functional groups attached to an aromatic ring is 1. The number of alkyl halides is 3. The number of nitrogens with zero attached hydrogens (tertiary/aromatic N) is 2. The molecule has 1 aromatic heterocycles. The average molecular weight is 267 g/mol. The molecule has 0 aromatic carbocycles. The number of carboxylic acid groups (broad SMARTS) is 1. The minimum Gasteiger partial charge on any atom is -0.475 e. The maximum absolute atomic E-state index is 11.1. The van der Waals surface area contributed by atoms with E-state index in [1.807, 2.05) is 0 Å². The van der Waals surface area contributed by atoms with Crippen LogP contribution in [0.1, 0.15) is 1.43 Å². The van der Waals surface area contributed by atoms with E-state index in [9.17, 15) is 18.0 Å². The highest BCUT2D eigenvalue weighted by Crippen LogP contribution is 2.13. The van der Waals surface area contributed by atoms with E-state index in [1.54, 1.807) is 6.08 Å². The van der Waals surface area contributed by atoms with Gasteiger partial charge in [0, 0.05) is 7.97 Å². The summed E-state index contributed by atoms with van der Waals surface area (Å²) in [6.07, 6.45) is -0.704. The molecule has 0 aliphatic rings. The Morgan fingerprint density at radius 2 is 2.17 bits per heavy atom. The molecule has 6 nitrogen and oxygen atoms in total. The molecule has 0 unspecified atom stereocenters. The molecule has 0 saturated carbocycles. The van der Waals surface area contributed by atoms with Crippen LogP contribution in [0.2, 0.25) is 0 Å². The molecule has 0 bridgehead atoms. The molecule has 0 aliphatic heterocycles. The highest BCUT2D eigenvalue weighted by atomic mass is 19.4. The van der Waals surface area contributed by atoms with E-state index in [2.05, 4.69) is 11.6 Å². The number of hydrogen-bond donors (Lipinski definition) is 2. The minimum atomic E-state index is -5.08. The summed E-state index contributed by atoms with van der Waals surface area (Å²) < 4.78 is 33.1. The first-order valence-electron chi connectivity index (χ1n) is 4.41. The molecular formula is C9H12F3N3O3. The molecule has 0 saturated heterocycles. The van der Waals surface area contributed by atoms with Gasteiger partial charge in [0.1, 0.15) is 5.69 Å². The number of rotatable bonds is 2. The summed E-state index contributed by atoms with van der Waals surface area (Å²) in [5.41, 5.74) is 5.26. The number of allylic oxidation sites excluding steroid dienone is 1. The monoisotopic (exact) mass is 267 g/mol. The number of carboxylic acids is 1. The first kappa shape index (κ1) is 15.7. The van der Waals surface area contributed by atoms with Gasteiger partial charge in [-0.3, -0.25) is 9.36 Å². The third kappa shape index (κ3) is 5.14. The lowest BCUT2D eigenvalue weighted by Gasteiger charge is -1.99. The molecule has 1 aromatic rings. The van der Waals surface area contributed by atoms with Gasteiger partial charge in [0.2, 0.25) is 0 Å². The van der Waals surface area contributed by atoms with Gasteiger partial charge in [0.25, 0.3) is 5.56 Å². The summed E-state index contributed by atoms with van der Waals surface area (Å²) in [5.74, 6) is -2.76. The smallest absolute Gasteiger partial charge is 0.475 e. The first-order valence-corrected chi connectivity index (χ1v) is 4.41. The molecule has 0 spiro atoms. The van der Waals surface area contributed by atoms with Crippen molar-refractivity contribution in [2.45, 2.75) is 12.7 Å². The number of aliphatic carboxylic acids is 1. The van der Waals surface area contributed by atoms with Crippen molar-refractivity contribution in [2.75, 3.05) is 5.73 Å². The van der Waals surface area contributed by atoms with Crippen LogP contribution in [0, 0.1) is 0 Å². The highest BCUT2D eigenvalue weighted by Gasteiger charge is 2.38. The van der Waals surface area contributed by atoms with E-state index in [-0.39, 0.29) is 12.7 Å². The quantitative estimate of drug-likeness (QED) is 0.775. The molecule has 9 heteroatoms. The Labute approximate surface area is 101 Å². The maximum Gasteiger partial charge on any atom is 0.490 e. The molecule has 1 rings (SSSR count). The van der Waals surface area contributed by atoms with Gasteiger partial charge >= 0.3 is 12.1 Å². The number of halogens is 3. The fourth-order valence-electron chi connectivity index (χ4n) is 0.737. The Bertz CT molecular complexity index is 488. The second-order valence-corrected chi connectivity index (χ2v) is 2.90. The third-order valence-corrected chi connectivity index (χ3v) is 1.50. The topological polar surface area (TPSA) is 98.2 Å². The Hall–Kier alpha value is -2.32. The van der Waals surface area contributed by atoms with Crippen LogP contribution >= 0.6 is 0 Å². The average Bonchev–Trinajstić information content (AvgIpc) is 2.24. The van der Waals surface area contributed by atoms with Crippen LogP contribution in [0.15, 0.2) is 30.0 Å². The Balaban J connectivity index is 0. The fourth-order valence-corrected chi connectivity index (χ4v) is 0.737. The van der Waals surface area contributed by atoms with E-state index in [1.165, 1.54) is 17.1 Å². The highest BCUT2D eigenvalue weighted by molar-refractivity contribution is 5.73. The number of hydrogen-bond acceptors (Lipinski definition) is 4. The van der Waals surface area contributed by atoms with Gasteiger partial charge in [-0.2, -0.15) is 13.2 Å². The van der Waals surface area contributed by atoms with Gasteiger partial charge in [0.05, 0.1) is 12.5 Å². The molecule has 0 atom stereocenters. The fraction of sp³-hybridized carbons (Fsp3) is 0.222.